The van der Waals surface area contributed by atoms with Crippen molar-refractivity contribution in [2.45, 2.75) is 0 Å². The zero-order chi connectivity index (χ0) is 14.7. The van der Waals surface area contributed by atoms with Crippen molar-refractivity contribution >= 4 is 23.2 Å². The van der Waals surface area contributed by atoms with Crippen molar-refractivity contribution in [2.24, 2.45) is 0 Å². The molecule has 0 bridgehead atoms. The molecule has 0 radical (unpaired) electrons. The fraction of sp³-hybridized carbons (Fsp3) is 0.0625. The van der Waals surface area contributed by atoms with Gasteiger partial charge in [-0.05, 0) is 23.7 Å². The molecule has 0 aliphatic rings. The molecule has 1 aromatic heterocycles. The summed E-state index contributed by atoms with van der Waals surface area (Å²) in [6.45, 7) is 0. The molecule has 4 nitrogen and oxygen atoms in total. The molecule has 0 spiro atoms. The van der Waals surface area contributed by atoms with Crippen molar-refractivity contribution in [1.82, 2.24) is 15.0 Å². The summed E-state index contributed by atoms with van der Waals surface area (Å²) in [7, 11) is 1.90. The fourth-order valence-electron chi connectivity index (χ4n) is 1.97. The summed E-state index contributed by atoms with van der Waals surface area (Å²) in [4.78, 5) is 14.8. The second-order valence-corrected chi connectivity index (χ2v) is 4.83. The van der Waals surface area contributed by atoms with E-state index < -0.39 is 0 Å². The molecule has 0 saturated carbocycles. The van der Waals surface area contributed by atoms with E-state index in [1.807, 2.05) is 72.6 Å². The Labute approximate surface area is 128 Å². The first-order valence-electron chi connectivity index (χ1n) is 6.50. The van der Waals surface area contributed by atoms with E-state index in [2.05, 4.69) is 15.0 Å². The third-order valence-corrected chi connectivity index (χ3v) is 3.24. The van der Waals surface area contributed by atoms with Gasteiger partial charge in [0.1, 0.15) is 0 Å². The van der Waals surface area contributed by atoms with Gasteiger partial charge in [-0.15, -0.1) is 0 Å². The average Bonchev–Trinajstić information content (AvgIpc) is 2.55. The summed E-state index contributed by atoms with van der Waals surface area (Å²) < 4.78 is 0. The van der Waals surface area contributed by atoms with Crippen LogP contribution in [0.4, 0.5) is 11.6 Å². The lowest BCUT2D eigenvalue weighted by Crippen LogP contribution is -2.14. The molecule has 2 aromatic carbocycles. The van der Waals surface area contributed by atoms with Crippen LogP contribution in [0.2, 0.25) is 5.28 Å². The highest BCUT2D eigenvalue weighted by Crippen LogP contribution is 2.23. The SMILES string of the molecule is CN(c1ccccc1)c1nc(Cl)nc(-c2ccccc2)n1. The maximum atomic E-state index is 6.04. The summed E-state index contributed by atoms with van der Waals surface area (Å²) >= 11 is 6.04. The second-order valence-electron chi connectivity index (χ2n) is 4.49. The van der Waals surface area contributed by atoms with Gasteiger partial charge >= 0.3 is 0 Å². The maximum absolute atomic E-state index is 6.04. The zero-order valence-corrected chi connectivity index (χ0v) is 12.2. The van der Waals surface area contributed by atoms with Gasteiger partial charge in [0.15, 0.2) is 5.82 Å². The van der Waals surface area contributed by atoms with Gasteiger partial charge in [0.25, 0.3) is 0 Å². The quantitative estimate of drug-likeness (QED) is 0.733. The molecular formula is C16H13ClN4. The van der Waals surface area contributed by atoms with Crippen LogP contribution in [0.5, 0.6) is 0 Å². The molecule has 0 saturated heterocycles. The Morgan fingerprint density at radius 1 is 0.810 bits per heavy atom. The van der Waals surface area contributed by atoms with Gasteiger partial charge in [0.2, 0.25) is 11.2 Å². The molecule has 104 valence electrons. The van der Waals surface area contributed by atoms with E-state index in [1.54, 1.807) is 0 Å². The van der Waals surface area contributed by atoms with Crippen LogP contribution in [0.15, 0.2) is 60.7 Å². The normalized spacial score (nSPS) is 10.4. The highest BCUT2D eigenvalue weighted by atomic mass is 35.5. The van der Waals surface area contributed by atoms with Crippen LogP contribution < -0.4 is 4.90 Å². The average molecular weight is 297 g/mol. The molecule has 3 rings (SSSR count). The van der Waals surface area contributed by atoms with Gasteiger partial charge in [0, 0.05) is 18.3 Å². The molecule has 5 heteroatoms. The number of nitrogens with zero attached hydrogens (tertiary/aromatic N) is 4. The molecule has 21 heavy (non-hydrogen) atoms. The number of anilines is 2. The molecule has 0 fully saturated rings. The molecule has 0 unspecified atom stereocenters. The Bertz CT molecular complexity index is 732. The van der Waals surface area contributed by atoms with Crippen LogP contribution in [0.25, 0.3) is 11.4 Å². The first-order valence-corrected chi connectivity index (χ1v) is 6.87. The van der Waals surface area contributed by atoms with Crippen molar-refractivity contribution < 1.29 is 0 Å². The van der Waals surface area contributed by atoms with E-state index in [-0.39, 0.29) is 5.28 Å². The molecule has 0 aliphatic heterocycles. The minimum absolute atomic E-state index is 0.182. The maximum Gasteiger partial charge on any atom is 0.234 e. The minimum atomic E-state index is 0.182. The van der Waals surface area contributed by atoms with Crippen LogP contribution in [-0.2, 0) is 0 Å². The molecule has 0 amide bonds. The van der Waals surface area contributed by atoms with Gasteiger partial charge in [-0.2, -0.15) is 15.0 Å². The van der Waals surface area contributed by atoms with Crippen molar-refractivity contribution in [3.8, 4) is 11.4 Å². The lowest BCUT2D eigenvalue weighted by atomic mass is 10.2. The third kappa shape index (κ3) is 3.01. The number of benzene rings is 2. The van der Waals surface area contributed by atoms with Crippen LogP contribution in [0.3, 0.4) is 0 Å². The summed E-state index contributed by atoms with van der Waals surface area (Å²) in [5.74, 6) is 1.08. The summed E-state index contributed by atoms with van der Waals surface area (Å²) in [6.07, 6.45) is 0. The number of halogens is 1. The van der Waals surface area contributed by atoms with Gasteiger partial charge < -0.3 is 4.90 Å². The number of hydrogen-bond donors (Lipinski definition) is 0. The third-order valence-electron chi connectivity index (χ3n) is 3.07. The van der Waals surface area contributed by atoms with E-state index in [4.69, 9.17) is 11.6 Å². The minimum Gasteiger partial charge on any atom is -0.313 e. The Morgan fingerprint density at radius 2 is 1.43 bits per heavy atom. The number of hydrogen-bond acceptors (Lipinski definition) is 4. The summed E-state index contributed by atoms with van der Waals surface area (Å²) in [6, 6.07) is 19.6. The Balaban J connectivity index is 2.02. The van der Waals surface area contributed by atoms with E-state index in [1.165, 1.54) is 0 Å². The largest absolute Gasteiger partial charge is 0.313 e. The van der Waals surface area contributed by atoms with E-state index in [9.17, 15) is 0 Å². The van der Waals surface area contributed by atoms with Crippen LogP contribution in [-0.4, -0.2) is 22.0 Å². The van der Waals surface area contributed by atoms with Crippen molar-refractivity contribution in [2.75, 3.05) is 11.9 Å². The number of rotatable bonds is 3. The van der Waals surface area contributed by atoms with Crippen molar-refractivity contribution in [3.05, 3.63) is 65.9 Å². The second kappa shape index (κ2) is 5.89. The molecule has 0 N–H and O–H groups in total. The first-order chi connectivity index (χ1) is 10.2. The van der Waals surface area contributed by atoms with Crippen molar-refractivity contribution in [1.29, 1.82) is 0 Å². The highest BCUT2D eigenvalue weighted by molar-refractivity contribution is 6.28. The number of aromatic nitrogens is 3. The molecular weight excluding hydrogens is 284 g/mol. The Hall–Kier alpha value is -2.46. The van der Waals surface area contributed by atoms with Gasteiger partial charge in [-0.1, -0.05) is 48.5 Å². The van der Waals surface area contributed by atoms with Gasteiger partial charge in [-0.25, -0.2) is 0 Å². The first kappa shape index (κ1) is 13.5. The smallest absolute Gasteiger partial charge is 0.234 e. The molecule has 0 aliphatic carbocycles. The van der Waals surface area contributed by atoms with E-state index >= 15 is 0 Å². The predicted octanol–water partition coefficient (Wildman–Crippen LogP) is 3.96. The standard InChI is InChI=1S/C16H13ClN4/c1-21(13-10-6-3-7-11-13)16-19-14(18-15(17)20-16)12-8-4-2-5-9-12/h2-11H,1H3. The molecule has 3 aromatic rings. The van der Waals surface area contributed by atoms with Gasteiger partial charge in [0.05, 0.1) is 0 Å². The van der Waals surface area contributed by atoms with Crippen LogP contribution >= 0.6 is 11.6 Å². The van der Waals surface area contributed by atoms with Crippen LogP contribution in [0, 0.1) is 0 Å². The lowest BCUT2D eigenvalue weighted by molar-refractivity contribution is 0.992. The topological polar surface area (TPSA) is 41.9 Å². The molecule has 0 atom stereocenters. The fourth-order valence-corrected chi connectivity index (χ4v) is 2.13. The zero-order valence-electron chi connectivity index (χ0n) is 11.4. The highest BCUT2D eigenvalue weighted by Gasteiger charge is 2.11. The lowest BCUT2D eigenvalue weighted by Gasteiger charge is -2.17. The van der Waals surface area contributed by atoms with E-state index in [0.717, 1.165) is 11.3 Å². The summed E-state index contributed by atoms with van der Waals surface area (Å²) in [5.41, 5.74) is 1.89. The Morgan fingerprint density at radius 3 is 2.10 bits per heavy atom. The van der Waals surface area contributed by atoms with Crippen molar-refractivity contribution in [3.63, 3.8) is 0 Å². The Kier molecular flexibility index (Phi) is 3.79. The van der Waals surface area contributed by atoms with Gasteiger partial charge in [-0.3, -0.25) is 0 Å². The van der Waals surface area contributed by atoms with E-state index in [0.29, 0.717) is 11.8 Å². The van der Waals surface area contributed by atoms with Crippen LogP contribution in [0.1, 0.15) is 0 Å². The number of para-hydroxylation sites is 1. The monoisotopic (exact) mass is 296 g/mol. The summed E-state index contributed by atoms with van der Waals surface area (Å²) in [5, 5.41) is 0.182. The molecule has 1 heterocycles. The predicted molar refractivity (Wildman–Crippen MR) is 84.8 cm³/mol.